The van der Waals surface area contributed by atoms with Crippen molar-refractivity contribution in [3.8, 4) is 11.8 Å². The molecule has 4 nitrogen and oxygen atoms in total. The van der Waals surface area contributed by atoms with E-state index in [1.165, 1.54) is 0 Å². The minimum Gasteiger partial charge on any atom is -0.379 e. The highest BCUT2D eigenvalue weighted by atomic mass is 32.1. The van der Waals surface area contributed by atoms with Gasteiger partial charge in [-0.3, -0.25) is 0 Å². The Bertz CT molecular complexity index is 357. The smallest absolute Gasteiger partial charge is 0.0947 e. The van der Waals surface area contributed by atoms with Gasteiger partial charge >= 0.3 is 0 Å². The summed E-state index contributed by atoms with van der Waals surface area (Å²) in [6.45, 7) is 4.20. The van der Waals surface area contributed by atoms with Crippen LogP contribution in [-0.4, -0.2) is 37.5 Å². The van der Waals surface area contributed by atoms with Gasteiger partial charge < -0.3 is 15.2 Å². The topological polar surface area (TPSA) is 57.4 Å². The monoisotopic (exact) mass is 268 g/mol. The zero-order valence-electron chi connectivity index (χ0n) is 10.7. The molecule has 1 heterocycles. The number of nitrogens with zero attached hydrogens (tertiary/aromatic N) is 1. The lowest BCUT2D eigenvalue weighted by Gasteiger charge is -2.09. The number of aromatic nitrogens is 1. The second-order valence-corrected chi connectivity index (χ2v) is 4.73. The maximum Gasteiger partial charge on any atom is 0.0947 e. The second-order valence-electron chi connectivity index (χ2n) is 3.75. The third-order valence-electron chi connectivity index (χ3n) is 2.19. The quantitative estimate of drug-likeness (QED) is 0.544. The summed E-state index contributed by atoms with van der Waals surface area (Å²) in [6, 6.07) is -0.00670. The molecule has 0 aliphatic rings. The number of rotatable bonds is 9. The molecule has 0 aromatic carbocycles. The van der Waals surface area contributed by atoms with Gasteiger partial charge in [-0.1, -0.05) is 0 Å². The number of hydrogen-bond donors (Lipinski definition) is 1. The number of hydrogen-bond acceptors (Lipinski definition) is 5. The molecule has 0 amide bonds. The molecule has 5 heteroatoms. The average Bonchev–Trinajstić information content (AvgIpc) is 2.88. The second kappa shape index (κ2) is 10.0. The van der Waals surface area contributed by atoms with E-state index in [1.54, 1.807) is 11.3 Å². The zero-order chi connectivity index (χ0) is 13.1. The van der Waals surface area contributed by atoms with Gasteiger partial charge in [0.25, 0.3) is 0 Å². The molecule has 1 rings (SSSR count). The molecule has 1 aromatic rings. The van der Waals surface area contributed by atoms with Crippen molar-refractivity contribution in [1.82, 2.24) is 4.98 Å². The summed E-state index contributed by atoms with van der Waals surface area (Å²) in [6.07, 6.45) is 3.36. The molecule has 0 aliphatic heterocycles. The minimum atomic E-state index is -0.00670. The third kappa shape index (κ3) is 7.41. The molecule has 0 aliphatic carbocycles. The zero-order valence-corrected chi connectivity index (χ0v) is 11.5. The predicted octanol–water partition coefficient (Wildman–Crippen LogP) is 1.46. The van der Waals surface area contributed by atoms with Gasteiger partial charge in [-0.25, -0.2) is 4.98 Å². The van der Waals surface area contributed by atoms with E-state index in [4.69, 9.17) is 15.2 Å². The van der Waals surface area contributed by atoms with E-state index < -0.39 is 0 Å². The Morgan fingerprint density at radius 3 is 2.94 bits per heavy atom. The van der Waals surface area contributed by atoms with Gasteiger partial charge in [-0.15, -0.1) is 23.2 Å². The molecule has 1 atom stereocenters. The van der Waals surface area contributed by atoms with Crippen molar-refractivity contribution in [3.63, 3.8) is 0 Å². The first-order valence-electron chi connectivity index (χ1n) is 6.02. The van der Waals surface area contributed by atoms with Crippen molar-refractivity contribution in [3.05, 3.63) is 16.6 Å². The molecule has 1 aromatic heterocycles. The molecule has 2 N–H and O–H groups in total. The van der Waals surface area contributed by atoms with Gasteiger partial charge in [0.15, 0.2) is 0 Å². The fourth-order valence-electron chi connectivity index (χ4n) is 1.28. The summed E-state index contributed by atoms with van der Waals surface area (Å²) in [5.74, 6) is 5.75. The van der Waals surface area contributed by atoms with Gasteiger partial charge in [0.1, 0.15) is 0 Å². The number of nitrogens with two attached hydrogens (primary N) is 1. The van der Waals surface area contributed by atoms with Crippen LogP contribution in [-0.2, 0) is 15.9 Å². The number of thiazole rings is 1. The maximum atomic E-state index is 5.79. The van der Waals surface area contributed by atoms with Crippen LogP contribution in [0.4, 0.5) is 0 Å². The van der Waals surface area contributed by atoms with Crippen molar-refractivity contribution >= 4 is 11.3 Å². The van der Waals surface area contributed by atoms with Gasteiger partial charge in [0.05, 0.1) is 31.4 Å². The van der Waals surface area contributed by atoms with E-state index >= 15 is 0 Å². The largest absolute Gasteiger partial charge is 0.379 e. The van der Waals surface area contributed by atoms with Gasteiger partial charge in [-0.2, -0.15) is 0 Å². The van der Waals surface area contributed by atoms with Crippen molar-refractivity contribution in [2.24, 2.45) is 5.73 Å². The van der Waals surface area contributed by atoms with Crippen LogP contribution in [0.15, 0.2) is 11.6 Å². The van der Waals surface area contributed by atoms with E-state index in [2.05, 4.69) is 16.8 Å². The molecule has 18 heavy (non-hydrogen) atoms. The molecule has 0 saturated carbocycles. The lowest BCUT2D eigenvalue weighted by Crippen LogP contribution is -2.26. The lowest BCUT2D eigenvalue weighted by atomic mass is 10.2. The van der Waals surface area contributed by atoms with Crippen molar-refractivity contribution in [1.29, 1.82) is 0 Å². The van der Waals surface area contributed by atoms with Crippen molar-refractivity contribution in [2.75, 3.05) is 26.4 Å². The highest BCUT2D eigenvalue weighted by Crippen LogP contribution is 2.04. The predicted molar refractivity (Wildman–Crippen MR) is 73.5 cm³/mol. The molecular formula is C13H20N2O2S. The van der Waals surface area contributed by atoms with Crippen LogP contribution in [0, 0.1) is 11.8 Å². The summed E-state index contributed by atoms with van der Waals surface area (Å²) < 4.78 is 10.8. The highest BCUT2D eigenvalue weighted by Gasteiger charge is 2.00. The van der Waals surface area contributed by atoms with E-state index in [9.17, 15) is 0 Å². The summed E-state index contributed by atoms with van der Waals surface area (Å²) in [4.78, 5) is 4.18. The van der Waals surface area contributed by atoms with E-state index in [0.29, 0.717) is 32.8 Å². The fourth-order valence-corrected chi connectivity index (χ4v) is 1.88. The van der Waals surface area contributed by atoms with Gasteiger partial charge in [0.2, 0.25) is 0 Å². The maximum absolute atomic E-state index is 5.79. The first kappa shape index (κ1) is 15.1. The molecule has 0 saturated heterocycles. The Hall–Kier alpha value is -0.930. The molecule has 0 bridgehead atoms. The van der Waals surface area contributed by atoms with Crippen LogP contribution in [0.1, 0.15) is 18.4 Å². The summed E-state index contributed by atoms with van der Waals surface area (Å²) in [5.41, 5.74) is 5.79. The Morgan fingerprint density at radius 2 is 2.22 bits per heavy atom. The Kier molecular flexibility index (Phi) is 8.43. The van der Waals surface area contributed by atoms with Gasteiger partial charge in [0, 0.05) is 30.5 Å². The SMILES string of the molecule is CC#CCC(N)COCCOCCc1nccs1. The first-order chi connectivity index (χ1) is 8.83. The Morgan fingerprint density at radius 1 is 1.39 bits per heavy atom. The van der Waals surface area contributed by atoms with E-state index in [0.717, 1.165) is 11.4 Å². The van der Waals surface area contributed by atoms with Gasteiger partial charge in [-0.05, 0) is 6.92 Å². The van der Waals surface area contributed by atoms with Crippen molar-refractivity contribution in [2.45, 2.75) is 25.8 Å². The summed E-state index contributed by atoms with van der Waals surface area (Å²) in [5, 5.41) is 3.08. The number of ether oxygens (including phenoxy) is 2. The Labute approximate surface area is 113 Å². The minimum absolute atomic E-state index is 0.00670. The molecule has 0 fully saturated rings. The lowest BCUT2D eigenvalue weighted by molar-refractivity contribution is 0.0441. The van der Waals surface area contributed by atoms with Crippen LogP contribution in [0.5, 0.6) is 0 Å². The molecule has 1 unspecified atom stereocenters. The highest BCUT2D eigenvalue weighted by molar-refractivity contribution is 7.09. The molecule has 100 valence electrons. The molecular weight excluding hydrogens is 248 g/mol. The van der Waals surface area contributed by atoms with E-state index in [1.807, 2.05) is 18.5 Å². The fraction of sp³-hybridized carbons (Fsp3) is 0.615. The van der Waals surface area contributed by atoms with Crippen LogP contribution >= 0.6 is 11.3 Å². The van der Waals surface area contributed by atoms with E-state index in [-0.39, 0.29) is 6.04 Å². The summed E-state index contributed by atoms with van der Waals surface area (Å²) >= 11 is 1.65. The normalized spacial score (nSPS) is 11.9. The Balaban J connectivity index is 1.87. The van der Waals surface area contributed by atoms with Crippen molar-refractivity contribution < 1.29 is 9.47 Å². The summed E-state index contributed by atoms with van der Waals surface area (Å²) in [7, 11) is 0. The third-order valence-corrected chi connectivity index (χ3v) is 3.03. The average molecular weight is 268 g/mol. The first-order valence-corrected chi connectivity index (χ1v) is 6.90. The van der Waals surface area contributed by atoms with Crippen LogP contribution in [0.25, 0.3) is 0 Å². The standard InChI is InChI=1S/C13H20N2O2S/c1-2-3-4-12(14)11-17-9-8-16-7-5-13-15-6-10-18-13/h6,10,12H,4-5,7-9,11,14H2,1H3. The van der Waals surface area contributed by atoms with Crippen LogP contribution in [0.3, 0.4) is 0 Å². The molecule has 0 radical (unpaired) electrons. The van der Waals surface area contributed by atoms with Crippen LogP contribution < -0.4 is 5.73 Å². The molecule has 0 spiro atoms. The van der Waals surface area contributed by atoms with Crippen LogP contribution in [0.2, 0.25) is 0 Å².